The number of rotatable bonds is 3. The lowest BCUT2D eigenvalue weighted by Gasteiger charge is -2.23. The normalized spacial score (nSPS) is 14.2. The molecule has 224 valence electrons. The standard InChI is InChI=1S/C13H18O.C13H16O.C12H14O2/c1-9(2)11-7-6-10(3)13-12(11)5-4-8-14-13;1-9(2)11-7-6-10(3)12-5-4-8-14-13(11)12;1-8(2)10-5-4-9(3)11-12(10)14-7-6-13-11/h6-7,9H,4-5,8H2,1-3H3;4,6-9H,5H2,1-3H3;4-8H,1-3H3. The maximum Gasteiger partial charge on any atom is 0.172 e. The van der Waals surface area contributed by atoms with Crippen LogP contribution in [0.25, 0.3) is 0 Å². The highest BCUT2D eigenvalue weighted by Gasteiger charge is 2.19. The van der Waals surface area contributed by atoms with E-state index in [9.17, 15) is 0 Å². The van der Waals surface area contributed by atoms with Crippen LogP contribution in [-0.4, -0.2) is 6.61 Å². The molecule has 3 aliphatic heterocycles. The van der Waals surface area contributed by atoms with Gasteiger partial charge in [-0.15, -0.1) is 0 Å². The fourth-order valence-electron chi connectivity index (χ4n) is 5.65. The predicted molar refractivity (Wildman–Crippen MR) is 173 cm³/mol. The summed E-state index contributed by atoms with van der Waals surface area (Å²) in [6.45, 7) is 20.4. The van der Waals surface area contributed by atoms with Crippen LogP contribution in [-0.2, 0) is 12.8 Å². The second-order valence-electron chi connectivity index (χ2n) is 12.3. The van der Waals surface area contributed by atoms with E-state index in [2.05, 4.69) is 97.9 Å². The van der Waals surface area contributed by atoms with Gasteiger partial charge >= 0.3 is 0 Å². The lowest BCUT2D eigenvalue weighted by Crippen LogP contribution is -2.12. The molecule has 0 fully saturated rings. The summed E-state index contributed by atoms with van der Waals surface area (Å²) in [6, 6.07) is 13.0. The molecule has 3 aromatic rings. The van der Waals surface area contributed by atoms with Crippen LogP contribution in [0, 0.1) is 20.8 Å². The largest absolute Gasteiger partial charge is 0.493 e. The molecule has 0 bridgehead atoms. The Kier molecular flexibility index (Phi) is 10.4. The van der Waals surface area contributed by atoms with Gasteiger partial charge in [-0.05, 0) is 97.2 Å². The Morgan fingerprint density at radius 3 is 1.69 bits per heavy atom. The molecule has 0 unspecified atom stereocenters. The quantitative estimate of drug-likeness (QED) is 0.315. The number of allylic oxidation sites excluding steroid dienone is 1. The van der Waals surface area contributed by atoms with Crippen LogP contribution >= 0.6 is 0 Å². The Bertz CT molecular complexity index is 1370. The number of aryl methyl sites for hydroxylation is 3. The van der Waals surface area contributed by atoms with Crippen molar-refractivity contribution >= 4 is 0 Å². The van der Waals surface area contributed by atoms with Crippen molar-refractivity contribution in [2.75, 3.05) is 6.61 Å². The van der Waals surface area contributed by atoms with Crippen LogP contribution in [0.4, 0.5) is 0 Å². The summed E-state index contributed by atoms with van der Waals surface area (Å²) < 4.78 is 22.3. The summed E-state index contributed by atoms with van der Waals surface area (Å²) in [5, 5.41) is 0. The molecule has 3 heterocycles. The van der Waals surface area contributed by atoms with Crippen LogP contribution in [0.5, 0.6) is 23.0 Å². The van der Waals surface area contributed by atoms with E-state index < -0.39 is 0 Å². The van der Waals surface area contributed by atoms with Gasteiger partial charge < -0.3 is 18.9 Å². The van der Waals surface area contributed by atoms with E-state index in [1.54, 1.807) is 18.8 Å². The van der Waals surface area contributed by atoms with Gasteiger partial charge in [0.25, 0.3) is 0 Å². The Labute approximate surface area is 253 Å². The number of hydrogen-bond acceptors (Lipinski definition) is 4. The molecule has 0 spiro atoms. The average molecular weight is 569 g/mol. The van der Waals surface area contributed by atoms with Gasteiger partial charge in [0.15, 0.2) is 11.5 Å². The van der Waals surface area contributed by atoms with Gasteiger partial charge in [0.2, 0.25) is 0 Å². The maximum absolute atomic E-state index is 5.75. The van der Waals surface area contributed by atoms with Gasteiger partial charge in [-0.1, -0.05) is 77.9 Å². The minimum atomic E-state index is 0.444. The smallest absolute Gasteiger partial charge is 0.172 e. The number of hydrogen-bond donors (Lipinski definition) is 0. The summed E-state index contributed by atoms with van der Waals surface area (Å²) in [4.78, 5) is 0. The molecule has 4 heteroatoms. The molecular weight excluding hydrogens is 520 g/mol. The Balaban J connectivity index is 0.000000145. The summed E-state index contributed by atoms with van der Waals surface area (Å²) >= 11 is 0. The first-order valence-electron chi connectivity index (χ1n) is 15.4. The molecule has 3 aliphatic rings. The highest BCUT2D eigenvalue weighted by atomic mass is 16.5. The van der Waals surface area contributed by atoms with Crippen LogP contribution in [0.1, 0.15) is 110 Å². The first-order valence-corrected chi connectivity index (χ1v) is 15.4. The Morgan fingerprint density at radius 1 is 0.524 bits per heavy atom. The zero-order valence-corrected chi connectivity index (χ0v) is 27.0. The van der Waals surface area contributed by atoms with Gasteiger partial charge in [0, 0.05) is 11.1 Å². The third-order valence-corrected chi connectivity index (χ3v) is 8.07. The molecule has 6 rings (SSSR count). The van der Waals surface area contributed by atoms with E-state index in [0.717, 1.165) is 48.0 Å². The molecule has 0 saturated carbocycles. The molecule has 0 saturated heterocycles. The monoisotopic (exact) mass is 568 g/mol. The van der Waals surface area contributed by atoms with Crippen molar-refractivity contribution in [3.8, 4) is 23.0 Å². The third kappa shape index (κ3) is 7.03. The summed E-state index contributed by atoms with van der Waals surface area (Å²) in [5.74, 6) is 5.52. The molecule has 4 nitrogen and oxygen atoms in total. The van der Waals surface area contributed by atoms with Gasteiger partial charge in [-0.25, -0.2) is 0 Å². The first kappa shape index (κ1) is 31.3. The summed E-state index contributed by atoms with van der Waals surface area (Å²) in [6.07, 6.45) is 10.4. The van der Waals surface area contributed by atoms with Crippen LogP contribution < -0.4 is 18.9 Å². The van der Waals surface area contributed by atoms with E-state index in [-0.39, 0.29) is 0 Å². The first-order chi connectivity index (χ1) is 20.1. The van der Waals surface area contributed by atoms with Gasteiger partial charge in [0.05, 0.1) is 12.9 Å². The highest BCUT2D eigenvalue weighted by Crippen LogP contribution is 2.40. The van der Waals surface area contributed by atoms with Crippen molar-refractivity contribution in [1.29, 1.82) is 0 Å². The van der Waals surface area contributed by atoms with E-state index >= 15 is 0 Å². The summed E-state index contributed by atoms with van der Waals surface area (Å²) in [5.41, 5.74) is 10.5. The third-order valence-electron chi connectivity index (χ3n) is 8.07. The fraction of sp³-hybridized carbons (Fsp3) is 0.421. The predicted octanol–water partition coefficient (Wildman–Crippen LogP) is 10.4. The van der Waals surface area contributed by atoms with Crippen LogP contribution in [0.3, 0.4) is 0 Å². The Morgan fingerprint density at radius 2 is 1.05 bits per heavy atom. The fourth-order valence-corrected chi connectivity index (χ4v) is 5.65. The van der Waals surface area contributed by atoms with Crippen LogP contribution in [0.15, 0.2) is 61.3 Å². The van der Waals surface area contributed by atoms with Gasteiger partial charge in [-0.2, -0.15) is 0 Å². The number of ether oxygens (including phenoxy) is 4. The molecule has 0 atom stereocenters. The SMILES string of the molecule is Cc1ccc(C(C)C)c2c1CC=CO2.Cc1ccc(C(C)C)c2c1OC=CO2.Cc1ccc(C(C)C)c2c1OCCC2. The van der Waals surface area contributed by atoms with E-state index in [0.29, 0.717) is 17.8 Å². The van der Waals surface area contributed by atoms with Crippen molar-refractivity contribution in [2.24, 2.45) is 0 Å². The van der Waals surface area contributed by atoms with Crippen LogP contribution in [0.2, 0.25) is 0 Å². The lowest BCUT2D eigenvalue weighted by atomic mass is 9.91. The van der Waals surface area contributed by atoms with Crippen molar-refractivity contribution in [1.82, 2.24) is 0 Å². The minimum absolute atomic E-state index is 0.444. The zero-order valence-electron chi connectivity index (χ0n) is 27.0. The van der Waals surface area contributed by atoms with Crippen molar-refractivity contribution in [2.45, 2.75) is 99.3 Å². The molecule has 3 aromatic carbocycles. The van der Waals surface area contributed by atoms with Gasteiger partial charge in [-0.3, -0.25) is 0 Å². The molecule has 42 heavy (non-hydrogen) atoms. The molecule has 0 aliphatic carbocycles. The average Bonchev–Trinajstić information content (AvgIpc) is 2.98. The Hall–Kier alpha value is -3.66. The molecular formula is C38H48O4. The molecule has 0 aromatic heterocycles. The van der Waals surface area contributed by atoms with Crippen molar-refractivity contribution in [3.05, 3.63) is 106 Å². The van der Waals surface area contributed by atoms with E-state index in [4.69, 9.17) is 18.9 Å². The lowest BCUT2D eigenvalue weighted by molar-refractivity contribution is 0.285. The highest BCUT2D eigenvalue weighted by molar-refractivity contribution is 5.54. The minimum Gasteiger partial charge on any atom is -0.493 e. The van der Waals surface area contributed by atoms with Gasteiger partial charge in [0.1, 0.15) is 24.0 Å². The van der Waals surface area contributed by atoms with E-state index in [1.807, 2.05) is 6.92 Å². The summed E-state index contributed by atoms with van der Waals surface area (Å²) in [7, 11) is 0. The molecule has 0 amide bonds. The van der Waals surface area contributed by atoms with Crippen molar-refractivity contribution in [3.63, 3.8) is 0 Å². The zero-order chi connectivity index (χ0) is 30.4. The maximum atomic E-state index is 5.75. The molecule has 0 radical (unpaired) electrons. The second kappa shape index (κ2) is 14.0. The molecule has 0 N–H and O–H groups in total. The number of fused-ring (bicyclic) bond motifs is 3. The topological polar surface area (TPSA) is 36.9 Å². The number of benzene rings is 3. The second-order valence-corrected chi connectivity index (χ2v) is 12.3. The van der Waals surface area contributed by atoms with Crippen molar-refractivity contribution < 1.29 is 18.9 Å². The van der Waals surface area contributed by atoms with E-state index in [1.165, 1.54) is 45.4 Å².